The van der Waals surface area contributed by atoms with E-state index in [0.29, 0.717) is 38.6 Å². The molecule has 0 heterocycles. The lowest BCUT2D eigenvalue weighted by atomic mass is 9.74. The molecule has 30 heavy (non-hydrogen) atoms. The summed E-state index contributed by atoms with van der Waals surface area (Å²) in [7, 11) is 0. The first-order chi connectivity index (χ1) is 14.7. The summed E-state index contributed by atoms with van der Waals surface area (Å²) in [5.41, 5.74) is -0.734. The molecule has 1 saturated carbocycles. The molecule has 1 aliphatic carbocycles. The van der Waals surface area contributed by atoms with Crippen molar-refractivity contribution in [2.75, 3.05) is 6.54 Å². The topological polar surface area (TPSA) is 118 Å². The van der Waals surface area contributed by atoms with Crippen LogP contribution in [0.4, 0.5) is 0 Å². The quantitative estimate of drug-likeness (QED) is 0.212. The SMILES string of the molecule is O=C=NCCCCCCCCCCCC(N=C=O)C1(N=C=O)CCC(N=C=O)CC1. The van der Waals surface area contributed by atoms with Gasteiger partial charge in [0, 0.05) is 0 Å². The fourth-order valence-electron chi connectivity index (χ4n) is 4.25. The average Bonchev–Trinajstić information content (AvgIpc) is 2.75. The van der Waals surface area contributed by atoms with E-state index >= 15 is 0 Å². The monoisotopic (exact) mass is 416 g/mol. The number of hydrogen-bond acceptors (Lipinski definition) is 8. The molecule has 164 valence electrons. The van der Waals surface area contributed by atoms with Crippen LogP contribution in [0.15, 0.2) is 20.0 Å². The lowest BCUT2D eigenvalue weighted by Gasteiger charge is -2.38. The Balaban J connectivity index is 2.34. The van der Waals surface area contributed by atoms with Crippen molar-refractivity contribution in [1.29, 1.82) is 0 Å². The Kier molecular flexibility index (Phi) is 13.9. The molecular weight excluding hydrogens is 384 g/mol. The van der Waals surface area contributed by atoms with Crippen LogP contribution in [0.25, 0.3) is 0 Å². The van der Waals surface area contributed by atoms with E-state index in [9.17, 15) is 19.2 Å². The maximum absolute atomic E-state index is 11.0. The van der Waals surface area contributed by atoms with Gasteiger partial charge >= 0.3 is 0 Å². The molecule has 0 aromatic rings. The Labute approximate surface area is 178 Å². The van der Waals surface area contributed by atoms with Gasteiger partial charge in [-0.2, -0.15) is 9.98 Å². The molecule has 0 aromatic carbocycles. The minimum absolute atomic E-state index is 0.101. The second-order valence-electron chi connectivity index (χ2n) is 7.94. The van der Waals surface area contributed by atoms with Gasteiger partial charge < -0.3 is 0 Å². The highest BCUT2D eigenvalue weighted by Crippen LogP contribution is 2.38. The molecule has 0 N–H and O–H groups in total. The van der Waals surface area contributed by atoms with Crippen molar-refractivity contribution >= 4 is 24.3 Å². The molecule has 1 aliphatic rings. The Morgan fingerprint density at radius 2 is 1.33 bits per heavy atom. The number of unbranched alkanes of at least 4 members (excludes halogenated alkanes) is 8. The molecule has 0 amide bonds. The molecular formula is C22H32N4O4. The first-order valence-corrected chi connectivity index (χ1v) is 11.0. The second kappa shape index (κ2) is 16.3. The van der Waals surface area contributed by atoms with Crippen LogP contribution in [0.1, 0.15) is 89.9 Å². The summed E-state index contributed by atoms with van der Waals surface area (Å²) in [4.78, 5) is 57.8. The highest BCUT2D eigenvalue weighted by molar-refractivity contribution is 5.38. The van der Waals surface area contributed by atoms with Crippen molar-refractivity contribution in [1.82, 2.24) is 0 Å². The lowest BCUT2D eigenvalue weighted by Crippen LogP contribution is -2.43. The molecule has 0 radical (unpaired) electrons. The van der Waals surface area contributed by atoms with Crippen molar-refractivity contribution in [2.24, 2.45) is 20.0 Å². The Morgan fingerprint density at radius 1 is 0.733 bits per heavy atom. The minimum atomic E-state index is -0.734. The highest BCUT2D eigenvalue weighted by atomic mass is 16.1. The predicted molar refractivity (Wildman–Crippen MR) is 112 cm³/mol. The van der Waals surface area contributed by atoms with Crippen LogP contribution in [-0.4, -0.2) is 48.5 Å². The minimum Gasteiger partial charge on any atom is -0.211 e. The maximum Gasteiger partial charge on any atom is 0.235 e. The zero-order chi connectivity index (χ0) is 21.9. The molecule has 0 aliphatic heterocycles. The molecule has 1 atom stereocenters. The first kappa shape index (κ1) is 25.6. The van der Waals surface area contributed by atoms with Crippen molar-refractivity contribution in [2.45, 2.75) is 108 Å². The molecule has 0 spiro atoms. The predicted octanol–water partition coefficient (Wildman–Crippen LogP) is 4.28. The lowest BCUT2D eigenvalue weighted by molar-refractivity contribution is 0.224. The first-order valence-electron chi connectivity index (χ1n) is 11.0. The van der Waals surface area contributed by atoms with E-state index in [1.807, 2.05) is 0 Å². The van der Waals surface area contributed by atoms with Gasteiger partial charge in [0.25, 0.3) is 0 Å². The summed E-state index contributed by atoms with van der Waals surface area (Å²) in [6, 6.07) is -0.484. The summed E-state index contributed by atoms with van der Waals surface area (Å²) in [6.45, 7) is 0.578. The third-order valence-corrected chi connectivity index (χ3v) is 5.97. The van der Waals surface area contributed by atoms with Gasteiger partial charge in [0.1, 0.15) is 0 Å². The van der Waals surface area contributed by atoms with E-state index in [0.717, 1.165) is 44.9 Å². The Morgan fingerprint density at radius 3 is 1.87 bits per heavy atom. The van der Waals surface area contributed by atoms with Crippen LogP contribution in [0.2, 0.25) is 0 Å². The largest absolute Gasteiger partial charge is 0.235 e. The van der Waals surface area contributed by atoms with E-state index in [-0.39, 0.29) is 12.1 Å². The number of aliphatic imine (C=N–C) groups is 4. The Bertz CT molecular complexity index is 677. The van der Waals surface area contributed by atoms with Crippen LogP contribution in [-0.2, 0) is 19.2 Å². The molecule has 0 saturated heterocycles. The van der Waals surface area contributed by atoms with Gasteiger partial charge in [-0.05, 0) is 38.5 Å². The van der Waals surface area contributed by atoms with Gasteiger partial charge in [-0.25, -0.2) is 29.2 Å². The summed E-state index contributed by atoms with van der Waals surface area (Å²) in [5, 5.41) is 0. The van der Waals surface area contributed by atoms with Crippen LogP contribution >= 0.6 is 0 Å². The number of isocyanates is 4. The molecule has 0 aromatic heterocycles. The zero-order valence-corrected chi connectivity index (χ0v) is 17.7. The fourth-order valence-corrected chi connectivity index (χ4v) is 4.25. The van der Waals surface area contributed by atoms with Crippen molar-refractivity contribution in [3.8, 4) is 0 Å². The third-order valence-electron chi connectivity index (χ3n) is 5.97. The molecule has 1 rings (SSSR count). The number of hydrogen-bond donors (Lipinski definition) is 0. The molecule has 1 fully saturated rings. The third kappa shape index (κ3) is 9.82. The van der Waals surface area contributed by atoms with E-state index in [1.165, 1.54) is 12.8 Å². The van der Waals surface area contributed by atoms with E-state index in [4.69, 9.17) is 0 Å². The van der Waals surface area contributed by atoms with Crippen LogP contribution < -0.4 is 0 Å². The van der Waals surface area contributed by atoms with Crippen molar-refractivity contribution in [3.05, 3.63) is 0 Å². The van der Waals surface area contributed by atoms with Crippen molar-refractivity contribution in [3.63, 3.8) is 0 Å². The number of carbonyl (C=O) groups excluding carboxylic acids is 4. The van der Waals surface area contributed by atoms with Gasteiger partial charge in [0.2, 0.25) is 24.3 Å². The van der Waals surface area contributed by atoms with Gasteiger partial charge in [-0.15, -0.1) is 0 Å². The summed E-state index contributed by atoms with van der Waals surface area (Å²) < 4.78 is 0. The summed E-state index contributed by atoms with van der Waals surface area (Å²) >= 11 is 0. The maximum atomic E-state index is 11.0. The van der Waals surface area contributed by atoms with Gasteiger partial charge in [-0.1, -0.05) is 51.4 Å². The van der Waals surface area contributed by atoms with Crippen LogP contribution in [0.5, 0.6) is 0 Å². The van der Waals surface area contributed by atoms with Crippen molar-refractivity contribution < 1.29 is 19.2 Å². The molecule has 1 unspecified atom stereocenters. The molecule has 8 heteroatoms. The second-order valence-corrected chi connectivity index (χ2v) is 7.94. The number of nitrogens with zero attached hydrogens (tertiary/aromatic N) is 4. The zero-order valence-electron chi connectivity index (χ0n) is 17.7. The van der Waals surface area contributed by atoms with E-state index in [2.05, 4.69) is 20.0 Å². The fraction of sp³-hybridized carbons (Fsp3) is 0.818. The van der Waals surface area contributed by atoms with E-state index < -0.39 is 5.54 Å². The average molecular weight is 417 g/mol. The van der Waals surface area contributed by atoms with Gasteiger partial charge in [0.15, 0.2) is 0 Å². The van der Waals surface area contributed by atoms with Gasteiger partial charge in [0.05, 0.1) is 24.2 Å². The number of rotatable bonds is 16. The molecule has 0 bridgehead atoms. The van der Waals surface area contributed by atoms with E-state index in [1.54, 1.807) is 24.3 Å². The van der Waals surface area contributed by atoms with Crippen LogP contribution in [0.3, 0.4) is 0 Å². The molecule has 8 nitrogen and oxygen atoms in total. The summed E-state index contributed by atoms with van der Waals surface area (Å²) in [5.74, 6) is 0. The van der Waals surface area contributed by atoms with Crippen LogP contribution in [0, 0.1) is 0 Å². The van der Waals surface area contributed by atoms with Gasteiger partial charge in [-0.3, -0.25) is 0 Å². The smallest absolute Gasteiger partial charge is 0.211 e. The highest BCUT2D eigenvalue weighted by Gasteiger charge is 2.42. The normalized spacial score (nSPS) is 21.3. The summed E-state index contributed by atoms with van der Waals surface area (Å²) in [6.07, 6.45) is 19.3. The Hall–Kier alpha value is -2.48. The standard InChI is InChI=1S/C22H32N4O4/c27-16-23-15-9-7-5-3-1-2-4-6-8-10-21(25-18-29)22(26-19-30)13-11-20(12-14-22)24-17-28/h20-21H,1-15H2.